The van der Waals surface area contributed by atoms with Gasteiger partial charge in [0.2, 0.25) is 0 Å². The molecule has 0 heterocycles. The molecule has 0 unspecified atom stereocenters. The molecule has 0 aliphatic rings. The van der Waals surface area contributed by atoms with Crippen LogP contribution < -0.4 is 5.73 Å². The number of thioether (sulfide) groups is 1. The van der Waals surface area contributed by atoms with Crippen molar-refractivity contribution in [3.05, 3.63) is 29.8 Å². The Balaban J connectivity index is 2.43. The molecule has 2 heteroatoms. The average molecular weight is 209 g/mol. The van der Waals surface area contributed by atoms with Crippen LogP contribution in [-0.4, -0.2) is 10.5 Å². The van der Waals surface area contributed by atoms with E-state index >= 15 is 0 Å². The van der Waals surface area contributed by atoms with Gasteiger partial charge in [-0.05, 0) is 23.8 Å². The van der Waals surface area contributed by atoms with Gasteiger partial charge in [0.25, 0.3) is 0 Å². The van der Waals surface area contributed by atoms with Gasteiger partial charge in [0.15, 0.2) is 0 Å². The average Bonchev–Trinajstić information content (AvgIpc) is 2.06. The van der Waals surface area contributed by atoms with Crippen molar-refractivity contribution in [3.63, 3.8) is 0 Å². The van der Waals surface area contributed by atoms with Crippen LogP contribution in [0, 0.1) is 0 Å². The molecule has 1 aromatic carbocycles. The fourth-order valence-corrected chi connectivity index (χ4v) is 2.16. The molecule has 2 N–H and O–H groups in total. The lowest BCUT2D eigenvalue weighted by atomic mass is 10.1. The Hall–Kier alpha value is -0.630. The molecular formula is C12H19NS. The molecule has 0 aliphatic heterocycles. The van der Waals surface area contributed by atoms with Gasteiger partial charge >= 0.3 is 0 Å². The second kappa shape index (κ2) is 4.74. The molecule has 0 saturated carbocycles. The van der Waals surface area contributed by atoms with E-state index in [1.165, 1.54) is 5.56 Å². The van der Waals surface area contributed by atoms with Crippen molar-refractivity contribution in [2.75, 3.05) is 11.5 Å². The molecule has 0 fully saturated rings. The van der Waals surface area contributed by atoms with Crippen molar-refractivity contribution in [2.45, 2.75) is 31.9 Å². The Morgan fingerprint density at radius 3 is 2.43 bits per heavy atom. The normalized spacial score (nSPS) is 11.6. The molecule has 0 atom stereocenters. The van der Waals surface area contributed by atoms with Crippen molar-refractivity contribution in [2.24, 2.45) is 0 Å². The zero-order valence-corrected chi connectivity index (χ0v) is 10.0. The lowest BCUT2D eigenvalue weighted by Crippen LogP contribution is -2.09. The molecule has 14 heavy (non-hydrogen) atoms. The summed E-state index contributed by atoms with van der Waals surface area (Å²) in [6, 6.07) is 8.11. The fourth-order valence-electron chi connectivity index (χ4n) is 1.23. The van der Waals surface area contributed by atoms with Crippen LogP contribution in [0.4, 0.5) is 5.69 Å². The van der Waals surface area contributed by atoms with E-state index < -0.39 is 0 Å². The van der Waals surface area contributed by atoms with Gasteiger partial charge in [0.1, 0.15) is 0 Å². The fraction of sp³-hybridized carbons (Fsp3) is 0.500. The second-order valence-electron chi connectivity index (χ2n) is 4.41. The zero-order chi connectivity index (χ0) is 10.6. The Morgan fingerprint density at radius 2 is 1.86 bits per heavy atom. The van der Waals surface area contributed by atoms with Crippen LogP contribution in [0.2, 0.25) is 0 Å². The van der Waals surface area contributed by atoms with Crippen molar-refractivity contribution in [1.29, 1.82) is 0 Å². The summed E-state index contributed by atoms with van der Waals surface area (Å²) in [5, 5.41) is 0. The number of nitrogens with two attached hydrogens (primary N) is 1. The number of nitrogen functional groups attached to an aromatic ring is 1. The highest BCUT2D eigenvalue weighted by Gasteiger charge is 2.10. The summed E-state index contributed by atoms with van der Waals surface area (Å²) < 4.78 is 0.351. The summed E-state index contributed by atoms with van der Waals surface area (Å²) in [6.45, 7) is 6.73. The first-order valence-corrected chi connectivity index (χ1v) is 5.95. The van der Waals surface area contributed by atoms with Gasteiger partial charge in [0.05, 0.1) is 0 Å². The lowest BCUT2D eigenvalue weighted by molar-refractivity contribution is 0.801. The largest absolute Gasteiger partial charge is 0.399 e. The summed E-state index contributed by atoms with van der Waals surface area (Å²) in [7, 11) is 0. The summed E-state index contributed by atoms with van der Waals surface area (Å²) in [5.74, 6) is 1.14. The maximum absolute atomic E-state index is 5.86. The first-order valence-electron chi connectivity index (χ1n) is 4.96. The molecular weight excluding hydrogens is 190 g/mol. The lowest BCUT2D eigenvalue weighted by Gasteiger charge is -2.17. The van der Waals surface area contributed by atoms with Crippen LogP contribution >= 0.6 is 11.8 Å². The van der Waals surface area contributed by atoms with Crippen molar-refractivity contribution in [3.8, 4) is 0 Å². The predicted molar refractivity (Wildman–Crippen MR) is 66.8 cm³/mol. The highest BCUT2D eigenvalue weighted by molar-refractivity contribution is 8.00. The van der Waals surface area contributed by atoms with Gasteiger partial charge in [-0.1, -0.05) is 39.0 Å². The molecule has 1 rings (SSSR count). The van der Waals surface area contributed by atoms with E-state index in [9.17, 15) is 0 Å². The monoisotopic (exact) mass is 209 g/mol. The maximum atomic E-state index is 5.86. The van der Waals surface area contributed by atoms with Crippen molar-refractivity contribution >= 4 is 17.4 Å². The highest BCUT2D eigenvalue weighted by atomic mass is 32.2. The maximum Gasteiger partial charge on any atom is 0.0346 e. The molecule has 0 spiro atoms. The third kappa shape index (κ3) is 4.05. The van der Waals surface area contributed by atoms with Crippen LogP contribution in [0.3, 0.4) is 0 Å². The Bertz CT molecular complexity index is 289. The van der Waals surface area contributed by atoms with Gasteiger partial charge in [-0.3, -0.25) is 0 Å². The molecule has 1 nitrogen and oxygen atoms in total. The van der Waals surface area contributed by atoms with Crippen LogP contribution in [0.25, 0.3) is 0 Å². The number of rotatable bonds is 3. The topological polar surface area (TPSA) is 26.0 Å². The number of hydrogen-bond donors (Lipinski definition) is 1. The quantitative estimate of drug-likeness (QED) is 0.773. The van der Waals surface area contributed by atoms with Crippen molar-refractivity contribution in [1.82, 2.24) is 0 Å². The summed E-state index contributed by atoms with van der Waals surface area (Å²) in [4.78, 5) is 0. The summed E-state index contributed by atoms with van der Waals surface area (Å²) in [5.41, 5.74) is 8.05. The standard InChI is InChI=1S/C12H19NS/c1-12(2,3)14-9-8-10-6-4-5-7-11(10)13/h4-7H,8-9,13H2,1-3H3. The van der Waals surface area contributed by atoms with Crippen LogP contribution in [0.1, 0.15) is 26.3 Å². The predicted octanol–water partition coefficient (Wildman–Crippen LogP) is 3.34. The Kier molecular flexibility index (Phi) is 3.87. The molecule has 0 aliphatic carbocycles. The molecule has 0 amide bonds. The number of para-hydroxylation sites is 1. The van der Waals surface area contributed by atoms with E-state index in [2.05, 4.69) is 26.8 Å². The number of anilines is 1. The number of aryl methyl sites for hydroxylation is 1. The van der Waals surface area contributed by atoms with Gasteiger partial charge in [0, 0.05) is 10.4 Å². The van der Waals surface area contributed by atoms with Crippen molar-refractivity contribution < 1.29 is 0 Å². The first-order chi connectivity index (χ1) is 6.49. The highest BCUT2D eigenvalue weighted by Crippen LogP contribution is 2.24. The first kappa shape index (κ1) is 11.4. The van der Waals surface area contributed by atoms with E-state index in [0.717, 1.165) is 17.9 Å². The molecule has 0 saturated heterocycles. The van der Waals surface area contributed by atoms with Crippen LogP contribution in [0.15, 0.2) is 24.3 Å². The molecule has 78 valence electrons. The van der Waals surface area contributed by atoms with Gasteiger partial charge in [-0.25, -0.2) is 0 Å². The molecule has 0 bridgehead atoms. The van der Waals surface area contributed by atoms with Crippen LogP contribution in [0.5, 0.6) is 0 Å². The third-order valence-electron chi connectivity index (χ3n) is 1.96. The SMILES string of the molecule is CC(C)(C)SCCc1ccccc1N. The van der Waals surface area contributed by atoms with E-state index in [4.69, 9.17) is 5.73 Å². The Labute approximate surface area is 91.1 Å². The minimum atomic E-state index is 0.351. The molecule has 0 radical (unpaired) electrons. The smallest absolute Gasteiger partial charge is 0.0346 e. The molecule has 0 aromatic heterocycles. The van der Waals surface area contributed by atoms with Gasteiger partial charge in [-0.2, -0.15) is 11.8 Å². The van der Waals surface area contributed by atoms with Gasteiger partial charge in [-0.15, -0.1) is 0 Å². The second-order valence-corrected chi connectivity index (χ2v) is 6.33. The molecule has 1 aromatic rings. The minimum Gasteiger partial charge on any atom is -0.399 e. The number of benzene rings is 1. The summed E-state index contributed by atoms with van der Waals surface area (Å²) >= 11 is 1.98. The van der Waals surface area contributed by atoms with Gasteiger partial charge < -0.3 is 5.73 Å². The van der Waals surface area contributed by atoms with E-state index in [1.807, 2.05) is 30.0 Å². The minimum absolute atomic E-state index is 0.351. The Morgan fingerprint density at radius 1 is 1.21 bits per heavy atom. The number of hydrogen-bond acceptors (Lipinski definition) is 2. The third-order valence-corrected chi connectivity index (χ3v) is 3.24. The van der Waals surface area contributed by atoms with Crippen LogP contribution in [-0.2, 0) is 6.42 Å². The van der Waals surface area contributed by atoms with E-state index in [1.54, 1.807) is 0 Å². The van der Waals surface area contributed by atoms with E-state index in [-0.39, 0.29) is 0 Å². The van der Waals surface area contributed by atoms with E-state index in [0.29, 0.717) is 4.75 Å². The zero-order valence-electron chi connectivity index (χ0n) is 9.21. The summed E-state index contributed by atoms with van der Waals surface area (Å²) in [6.07, 6.45) is 1.06.